The van der Waals surface area contributed by atoms with Crippen LogP contribution in [0, 0.1) is 11.8 Å². The second kappa shape index (κ2) is 6.26. The standard InChI is InChI=1S/C19H19NO4S/c1-10-15(24-11(2)21)8-7-12-17(22)13(9-23-18(10)12)19-20-14-5-3-4-6-16(14)25-19/h3-6,9-10,12,15,18H,7-8H2,1-2H3. The van der Waals surface area contributed by atoms with E-state index in [1.165, 1.54) is 18.3 Å². The number of fused-ring (bicyclic) bond motifs is 2. The van der Waals surface area contributed by atoms with Crippen LogP contribution in [0.15, 0.2) is 30.5 Å². The Labute approximate surface area is 149 Å². The number of thiazole rings is 1. The van der Waals surface area contributed by atoms with Gasteiger partial charge in [0.25, 0.3) is 0 Å². The summed E-state index contributed by atoms with van der Waals surface area (Å²) in [5, 5.41) is 0.708. The molecule has 4 atom stereocenters. The molecule has 2 heterocycles. The van der Waals surface area contributed by atoms with Crippen LogP contribution in [-0.2, 0) is 19.1 Å². The van der Waals surface area contributed by atoms with Crippen molar-refractivity contribution in [3.63, 3.8) is 0 Å². The molecule has 0 spiro atoms. The van der Waals surface area contributed by atoms with Crippen LogP contribution in [-0.4, -0.2) is 28.9 Å². The average molecular weight is 357 g/mol. The monoisotopic (exact) mass is 357 g/mol. The predicted molar refractivity (Wildman–Crippen MR) is 94.9 cm³/mol. The van der Waals surface area contributed by atoms with Gasteiger partial charge in [-0.25, -0.2) is 4.98 Å². The molecule has 1 fully saturated rings. The summed E-state index contributed by atoms with van der Waals surface area (Å²) in [4.78, 5) is 28.9. The summed E-state index contributed by atoms with van der Waals surface area (Å²) in [5.41, 5.74) is 1.45. The highest BCUT2D eigenvalue weighted by atomic mass is 32.1. The molecule has 5 nitrogen and oxygen atoms in total. The van der Waals surface area contributed by atoms with Crippen molar-refractivity contribution in [3.8, 4) is 0 Å². The van der Waals surface area contributed by atoms with Gasteiger partial charge in [0, 0.05) is 12.8 Å². The molecule has 0 N–H and O–H groups in total. The Morgan fingerprint density at radius 3 is 2.88 bits per heavy atom. The Morgan fingerprint density at radius 2 is 2.12 bits per heavy atom. The first-order chi connectivity index (χ1) is 12.0. The van der Waals surface area contributed by atoms with Gasteiger partial charge in [0.15, 0.2) is 5.78 Å². The quantitative estimate of drug-likeness (QED) is 0.769. The van der Waals surface area contributed by atoms with E-state index in [2.05, 4.69) is 4.98 Å². The molecule has 1 aliphatic carbocycles. The van der Waals surface area contributed by atoms with Crippen LogP contribution in [0.25, 0.3) is 15.8 Å². The summed E-state index contributed by atoms with van der Waals surface area (Å²) in [6, 6.07) is 7.85. The molecular formula is C19H19NO4S. The van der Waals surface area contributed by atoms with Crippen molar-refractivity contribution in [2.45, 2.75) is 38.9 Å². The summed E-state index contributed by atoms with van der Waals surface area (Å²) in [6.07, 6.45) is 2.46. The van der Waals surface area contributed by atoms with Gasteiger partial charge in [0.2, 0.25) is 0 Å². The second-order valence-electron chi connectivity index (χ2n) is 6.67. The zero-order valence-electron chi connectivity index (χ0n) is 14.1. The minimum atomic E-state index is -0.289. The van der Waals surface area contributed by atoms with Crippen molar-refractivity contribution in [2.24, 2.45) is 11.8 Å². The smallest absolute Gasteiger partial charge is 0.302 e. The first-order valence-electron chi connectivity index (χ1n) is 8.47. The van der Waals surface area contributed by atoms with E-state index in [0.29, 0.717) is 23.4 Å². The number of hydrogen-bond donors (Lipinski definition) is 0. The molecule has 1 saturated carbocycles. The number of esters is 1. The zero-order chi connectivity index (χ0) is 17.6. The average Bonchev–Trinajstić information content (AvgIpc) is 3.01. The van der Waals surface area contributed by atoms with Gasteiger partial charge in [0.05, 0.1) is 28.0 Å². The van der Waals surface area contributed by atoms with E-state index < -0.39 is 0 Å². The van der Waals surface area contributed by atoms with Gasteiger partial charge >= 0.3 is 5.97 Å². The maximum Gasteiger partial charge on any atom is 0.302 e. The van der Waals surface area contributed by atoms with E-state index in [0.717, 1.165) is 10.2 Å². The zero-order valence-corrected chi connectivity index (χ0v) is 14.9. The fourth-order valence-electron chi connectivity index (χ4n) is 3.78. The van der Waals surface area contributed by atoms with Gasteiger partial charge in [-0.1, -0.05) is 19.1 Å². The first kappa shape index (κ1) is 16.3. The molecule has 1 aromatic heterocycles. The van der Waals surface area contributed by atoms with Crippen LogP contribution in [0.1, 0.15) is 31.7 Å². The van der Waals surface area contributed by atoms with Gasteiger partial charge in [-0.3, -0.25) is 9.59 Å². The summed E-state index contributed by atoms with van der Waals surface area (Å²) in [6.45, 7) is 3.39. The summed E-state index contributed by atoms with van der Waals surface area (Å²) >= 11 is 1.51. The third kappa shape index (κ3) is 2.84. The molecule has 1 aromatic carbocycles. The lowest BCUT2D eigenvalue weighted by Gasteiger charge is -2.41. The number of rotatable bonds is 2. The van der Waals surface area contributed by atoms with Gasteiger partial charge in [-0.05, 0) is 25.0 Å². The van der Waals surface area contributed by atoms with Crippen molar-refractivity contribution in [2.75, 3.05) is 0 Å². The number of carbonyl (C=O) groups is 2. The highest BCUT2D eigenvalue weighted by Crippen LogP contribution is 2.41. The van der Waals surface area contributed by atoms with Crippen molar-refractivity contribution >= 4 is 38.9 Å². The Bertz CT molecular complexity index is 838. The lowest BCUT2D eigenvalue weighted by Crippen LogP contribution is -2.47. The number of ether oxygens (including phenoxy) is 2. The maximum absolute atomic E-state index is 13.0. The van der Waals surface area contributed by atoms with Crippen LogP contribution in [0.2, 0.25) is 0 Å². The molecule has 4 unspecified atom stereocenters. The fourth-order valence-corrected chi connectivity index (χ4v) is 4.75. The molecular weight excluding hydrogens is 338 g/mol. The molecule has 2 aromatic rings. The Kier molecular flexibility index (Phi) is 4.07. The third-order valence-electron chi connectivity index (χ3n) is 5.05. The predicted octanol–water partition coefficient (Wildman–Crippen LogP) is 3.58. The minimum absolute atomic E-state index is 0.0141. The van der Waals surface area contributed by atoms with Gasteiger partial charge in [-0.2, -0.15) is 0 Å². The van der Waals surface area contributed by atoms with E-state index in [4.69, 9.17) is 9.47 Å². The third-order valence-corrected chi connectivity index (χ3v) is 6.12. The topological polar surface area (TPSA) is 65.5 Å². The molecule has 0 radical (unpaired) electrons. The Hall–Kier alpha value is -2.21. The van der Waals surface area contributed by atoms with Gasteiger partial charge in [-0.15, -0.1) is 11.3 Å². The van der Waals surface area contributed by atoms with E-state index in [1.54, 1.807) is 6.26 Å². The summed E-state index contributed by atoms with van der Waals surface area (Å²) in [5.74, 6) is -0.417. The number of hydrogen-bond acceptors (Lipinski definition) is 6. The lowest BCUT2D eigenvalue weighted by atomic mass is 9.73. The normalized spacial score (nSPS) is 28.9. The Balaban J connectivity index is 1.61. The van der Waals surface area contributed by atoms with Gasteiger partial charge in [0.1, 0.15) is 17.2 Å². The molecule has 2 aliphatic rings. The molecule has 130 valence electrons. The Morgan fingerprint density at radius 1 is 1.32 bits per heavy atom. The van der Waals surface area contributed by atoms with Crippen LogP contribution in [0.3, 0.4) is 0 Å². The molecule has 6 heteroatoms. The number of allylic oxidation sites excluding steroid dienone is 1. The fraction of sp³-hybridized carbons (Fsp3) is 0.421. The number of ketones is 1. The van der Waals surface area contributed by atoms with E-state index in [1.807, 2.05) is 31.2 Å². The van der Waals surface area contributed by atoms with Crippen LogP contribution < -0.4 is 0 Å². The summed E-state index contributed by atoms with van der Waals surface area (Å²) < 4.78 is 12.4. The number of aromatic nitrogens is 1. The van der Waals surface area contributed by atoms with Crippen LogP contribution in [0.4, 0.5) is 0 Å². The molecule has 0 amide bonds. The number of para-hydroxylation sites is 1. The molecule has 1 aliphatic heterocycles. The minimum Gasteiger partial charge on any atom is -0.496 e. The van der Waals surface area contributed by atoms with Crippen molar-refractivity contribution in [1.29, 1.82) is 0 Å². The number of benzene rings is 1. The first-order valence-corrected chi connectivity index (χ1v) is 9.29. The van der Waals surface area contributed by atoms with E-state index in [-0.39, 0.29) is 35.8 Å². The van der Waals surface area contributed by atoms with Crippen molar-refractivity contribution < 1.29 is 19.1 Å². The highest BCUT2D eigenvalue weighted by Gasteiger charge is 2.46. The second-order valence-corrected chi connectivity index (χ2v) is 7.70. The number of nitrogens with zero attached hydrogens (tertiary/aromatic N) is 1. The largest absolute Gasteiger partial charge is 0.496 e. The van der Waals surface area contributed by atoms with Crippen LogP contribution >= 0.6 is 11.3 Å². The van der Waals surface area contributed by atoms with E-state index >= 15 is 0 Å². The summed E-state index contributed by atoms with van der Waals surface area (Å²) in [7, 11) is 0. The number of Topliss-reactive ketones (excluding diaryl/α,β-unsaturated/α-hetero) is 1. The van der Waals surface area contributed by atoms with Crippen molar-refractivity contribution in [3.05, 3.63) is 35.5 Å². The molecule has 25 heavy (non-hydrogen) atoms. The highest BCUT2D eigenvalue weighted by molar-refractivity contribution is 7.19. The van der Waals surface area contributed by atoms with E-state index in [9.17, 15) is 9.59 Å². The molecule has 4 rings (SSSR count). The van der Waals surface area contributed by atoms with Gasteiger partial charge < -0.3 is 9.47 Å². The lowest BCUT2D eigenvalue weighted by molar-refractivity contribution is -0.158. The molecule has 0 bridgehead atoms. The maximum atomic E-state index is 13.0. The molecule has 0 saturated heterocycles. The van der Waals surface area contributed by atoms with Crippen molar-refractivity contribution in [1.82, 2.24) is 4.98 Å². The SMILES string of the molecule is CC(=O)OC1CCC2C(=O)C(c3nc4ccccc4s3)=COC2C1C. The number of carbonyl (C=O) groups excluding carboxylic acids is 2. The van der Waals surface area contributed by atoms with Crippen LogP contribution in [0.5, 0.6) is 0 Å².